The highest BCUT2D eigenvalue weighted by Gasteiger charge is 2.19. The van der Waals surface area contributed by atoms with Crippen LogP contribution in [-0.4, -0.2) is 22.3 Å². The summed E-state index contributed by atoms with van der Waals surface area (Å²) in [6, 6.07) is 11.5. The van der Waals surface area contributed by atoms with E-state index in [0.717, 1.165) is 0 Å². The average molecular weight is 310 g/mol. The summed E-state index contributed by atoms with van der Waals surface area (Å²) in [7, 11) is 0. The maximum absolute atomic E-state index is 12.2. The minimum absolute atomic E-state index is 0.0560. The number of furan rings is 1. The molecular weight excluding hydrogens is 296 g/mol. The first-order valence-electron chi connectivity index (χ1n) is 6.90. The molecule has 0 fully saturated rings. The zero-order valence-electron chi connectivity index (χ0n) is 12.3. The Morgan fingerprint density at radius 2 is 1.87 bits per heavy atom. The Hall–Kier alpha value is -3.28. The van der Waals surface area contributed by atoms with Crippen molar-refractivity contribution in [2.24, 2.45) is 5.10 Å². The van der Waals surface area contributed by atoms with E-state index in [9.17, 15) is 15.0 Å². The van der Waals surface area contributed by atoms with E-state index in [4.69, 9.17) is 4.42 Å². The molecule has 0 aliphatic heterocycles. The molecule has 2 aromatic carbocycles. The Kier molecular flexibility index (Phi) is 3.72. The highest BCUT2D eigenvalue weighted by atomic mass is 16.3. The molecule has 23 heavy (non-hydrogen) atoms. The summed E-state index contributed by atoms with van der Waals surface area (Å²) in [5, 5.41) is 23.8. The van der Waals surface area contributed by atoms with Gasteiger partial charge in [-0.05, 0) is 31.2 Å². The zero-order chi connectivity index (χ0) is 16.4. The first kappa shape index (κ1) is 14.6. The lowest BCUT2D eigenvalue weighted by molar-refractivity contribution is 0.0929. The number of benzene rings is 2. The van der Waals surface area contributed by atoms with E-state index in [1.807, 2.05) is 0 Å². The molecule has 0 atom stereocenters. The molecule has 3 aromatic rings. The maximum Gasteiger partial charge on any atom is 0.307 e. The van der Waals surface area contributed by atoms with Crippen LogP contribution in [0.4, 0.5) is 0 Å². The van der Waals surface area contributed by atoms with Crippen LogP contribution in [-0.2, 0) is 0 Å². The minimum atomic E-state index is -0.537. The number of para-hydroxylation sites is 1. The van der Waals surface area contributed by atoms with Gasteiger partial charge in [-0.3, -0.25) is 4.79 Å². The van der Waals surface area contributed by atoms with Gasteiger partial charge >= 0.3 is 5.91 Å². The standard InChI is InChI=1S/C17H14N2O4/c1-10-15-13(21)7-4-8-14(15)23-16(10)17(22)19-18-9-11-5-2-3-6-12(11)20/h2-9,20-21H,1H3,(H,19,22). The van der Waals surface area contributed by atoms with Crippen molar-refractivity contribution in [2.45, 2.75) is 6.92 Å². The summed E-state index contributed by atoms with van der Waals surface area (Å²) >= 11 is 0. The van der Waals surface area contributed by atoms with Crippen molar-refractivity contribution in [3.05, 3.63) is 59.4 Å². The molecule has 3 rings (SSSR count). The Balaban J connectivity index is 1.83. The second-order valence-corrected chi connectivity index (χ2v) is 4.96. The number of aromatic hydroxyl groups is 2. The Labute approximate surface area is 131 Å². The average Bonchev–Trinajstić information content (AvgIpc) is 2.87. The van der Waals surface area contributed by atoms with Crippen molar-refractivity contribution in [3.63, 3.8) is 0 Å². The molecular formula is C17H14N2O4. The van der Waals surface area contributed by atoms with Crippen molar-refractivity contribution in [2.75, 3.05) is 0 Å². The second kappa shape index (κ2) is 5.84. The monoisotopic (exact) mass is 310 g/mol. The number of phenolic OH excluding ortho intramolecular Hbond substituents is 2. The number of aryl methyl sites for hydroxylation is 1. The Morgan fingerprint density at radius 1 is 1.13 bits per heavy atom. The van der Waals surface area contributed by atoms with E-state index in [-0.39, 0.29) is 17.3 Å². The minimum Gasteiger partial charge on any atom is -0.507 e. The van der Waals surface area contributed by atoms with Crippen LogP contribution in [0.15, 0.2) is 52.0 Å². The fourth-order valence-electron chi connectivity index (χ4n) is 2.31. The van der Waals surface area contributed by atoms with Crippen molar-refractivity contribution < 1.29 is 19.4 Å². The van der Waals surface area contributed by atoms with Crippen molar-refractivity contribution in [1.29, 1.82) is 0 Å². The number of carbonyl (C=O) groups is 1. The quantitative estimate of drug-likeness (QED) is 0.512. The summed E-state index contributed by atoms with van der Waals surface area (Å²) < 4.78 is 5.47. The van der Waals surface area contributed by atoms with Gasteiger partial charge in [-0.25, -0.2) is 5.43 Å². The normalized spacial score (nSPS) is 11.2. The molecule has 0 radical (unpaired) electrons. The molecule has 3 N–H and O–H groups in total. The third-order valence-corrected chi connectivity index (χ3v) is 3.44. The number of rotatable bonds is 3. The smallest absolute Gasteiger partial charge is 0.307 e. The molecule has 0 saturated carbocycles. The third kappa shape index (κ3) is 2.74. The lowest BCUT2D eigenvalue weighted by atomic mass is 10.1. The second-order valence-electron chi connectivity index (χ2n) is 4.96. The molecule has 0 aliphatic carbocycles. The highest BCUT2D eigenvalue weighted by Crippen LogP contribution is 2.32. The molecule has 1 amide bonds. The van der Waals surface area contributed by atoms with Crippen LogP contribution in [0.1, 0.15) is 21.7 Å². The maximum atomic E-state index is 12.2. The number of hydrogen-bond acceptors (Lipinski definition) is 5. The molecule has 0 unspecified atom stereocenters. The van der Waals surface area contributed by atoms with Crippen LogP contribution < -0.4 is 5.43 Å². The SMILES string of the molecule is Cc1c(C(=O)NN=Cc2ccccc2O)oc2cccc(O)c12. The van der Waals surface area contributed by atoms with Crippen molar-refractivity contribution in [1.82, 2.24) is 5.43 Å². The number of fused-ring (bicyclic) bond motifs is 1. The zero-order valence-corrected chi connectivity index (χ0v) is 12.3. The lowest BCUT2D eigenvalue weighted by Crippen LogP contribution is -2.17. The number of phenols is 2. The lowest BCUT2D eigenvalue weighted by Gasteiger charge is -1.99. The van der Waals surface area contributed by atoms with Crippen molar-refractivity contribution >= 4 is 23.1 Å². The van der Waals surface area contributed by atoms with Crippen LogP contribution >= 0.6 is 0 Å². The molecule has 0 spiro atoms. The largest absolute Gasteiger partial charge is 0.507 e. The molecule has 116 valence electrons. The molecule has 6 nitrogen and oxygen atoms in total. The van der Waals surface area contributed by atoms with Crippen LogP contribution in [0.5, 0.6) is 11.5 Å². The van der Waals surface area contributed by atoms with Crippen molar-refractivity contribution in [3.8, 4) is 11.5 Å². The molecule has 6 heteroatoms. The van der Waals surface area contributed by atoms with Gasteiger partial charge in [0.05, 0.1) is 11.6 Å². The van der Waals surface area contributed by atoms with Gasteiger partial charge < -0.3 is 14.6 Å². The van der Waals surface area contributed by atoms with Gasteiger partial charge in [-0.1, -0.05) is 18.2 Å². The van der Waals surface area contributed by atoms with Gasteiger partial charge in [0.1, 0.15) is 17.1 Å². The predicted molar refractivity (Wildman–Crippen MR) is 85.8 cm³/mol. The summed E-state index contributed by atoms with van der Waals surface area (Å²) in [5.74, 6) is -0.337. The number of hydrazone groups is 1. The molecule has 0 saturated heterocycles. The topological polar surface area (TPSA) is 95.1 Å². The van der Waals surface area contributed by atoms with Gasteiger partial charge in [0.25, 0.3) is 0 Å². The van der Waals surface area contributed by atoms with Crippen LogP contribution in [0, 0.1) is 6.92 Å². The van der Waals surface area contributed by atoms with Gasteiger partial charge in [-0.15, -0.1) is 0 Å². The summed E-state index contributed by atoms with van der Waals surface area (Å²) in [4.78, 5) is 12.2. The fraction of sp³-hybridized carbons (Fsp3) is 0.0588. The Bertz CT molecular complexity index is 912. The molecule has 1 aromatic heterocycles. The van der Waals surface area contributed by atoms with E-state index in [1.165, 1.54) is 18.3 Å². The van der Waals surface area contributed by atoms with Gasteiger partial charge in [0.2, 0.25) is 0 Å². The van der Waals surface area contributed by atoms with Crippen LogP contribution in [0.3, 0.4) is 0 Å². The number of hydrogen-bond donors (Lipinski definition) is 3. The molecule has 1 heterocycles. The first-order valence-corrected chi connectivity index (χ1v) is 6.90. The summed E-state index contributed by atoms with van der Waals surface area (Å²) in [5.41, 5.74) is 3.78. The number of carbonyl (C=O) groups excluding carboxylic acids is 1. The van der Waals surface area contributed by atoms with E-state index >= 15 is 0 Å². The molecule has 0 aliphatic rings. The summed E-state index contributed by atoms with van der Waals surface area (Å²) in [6.07, 6.45) is 1.34. The van der Waals surface area contributed by atoms with E-state index < -0.39 is 5.91 Å². The van der Waals surface area contributed by atoms with E-state index in [2.05, 4.69) is 10.5 Å². The highest BCUT2D eigenvalue weighted by molar-refractivity contribution is 6.01. The molecule has 0 bridgehead atoms. The summed E-state index contributed by atoms with van der Waals surface area (Å²) in [6.45, 7) is 1.69. The number of nitrogens with zero attached hydrogens (tertiary/aromatic N) is 1. The number of nitrogens with one attached hydrogen (secondary N) is 1. The third-order valence-electron chi connectivity index (χ3n) is 3.44. The van der Waals surface area contributed by atoms with E-state index in [1.54, 1.807) is 37.3 Å². The van der Waals surface area contributed by atoms with Gasteiger partial charge in [0, 0.05) is 11.1 Å². The van der Waals surface area contributed by atoms with Gasteiger partial charge in [-0.2, -0.15) is 5.10 Å². The number of amides is 1. The van der Waals surface area contributed by atoms with E-state index in [0.29, 0.717) is 22.1 Å². The fourth-order valence-corrected chi connectivity index (χ4v) is 2.31. The predicted octanol–water partition coefficient (Wildman–Crippen LogP) is 2.92. The Morgan fingerprint density at radius 3 is 2.61 bits per heavy atom. The first-order chi connectivity index (χ1) is 11.1. The van der Waals surface area contributed by atoms with Crippen LogP contribution in [0.25, 0.3) is 11.0 Å². The van der Waals surface area contributed by atoms with Gasteiger partial charge in [0.15, 0.2) is 5.76 Å². The van der Waals surface area contributed by atoms with Crippen LogP contribution in [0.2, 0.25) is 0 Å².